The zero-order chi connectivity index (χ0) is 15.2. The van der Waals surface area contributed by atoms with Crippen molar-refractivity contribution in [2.24, 2.45) is 0 Å². The molecule has 0 aromatic heterocycles. The molecule has 112 valence electrons. The Morgan fingerprint density at radius 1 is 0.952 bits per heavy atom. The van der Waals surface area contributed by atoms with Gasteiger partial charge in [-0.25, -0.2) is 0 Å². The third-order valence-electron chi connectivity index (χ3n) is 3.42. The minimum absolute atomic E-state index is 0.754. The van der Waals surface area contributed by atoms with Gasteiger partial charge in [-0.3, -0.25) is 0 Å². The molecule has 2 aromatic carbocycles. The van der Waals surface area contributed by atoms with E-state index in [0.29, 0.717) is 0 Å². The van der Waals surface area contributed by atoms with Crippen molar-refractivity contribution in [1.82, 2.24) is 5.32 Å². The lowest BCUT2D eigenvalue weighted by Crippen LogP contribution is -2.13. The van der Waals surface area contributed by atoms with E-state index in [0.717, 1.165) is 40.2 Å². The molecule has 0 bridgehead atoms. The Balaban J connectivity index is 2.03. The molecule has 0 radical (unpaired) electrons. The van der Waals surface area contributed by atoms with Crippen molar-refractivity contribution in [2.45, 2.75) is 20.0 Å². The third-order valence-corrected chi connectivity index (χ3v) is 3.95. The van der Waals surface area contributed by atoms with Crippen LogP contribution in [0.3, 0.4) is 0 Å². The zero-order valence-corrected chi connectivity index (χ0v) is 14.2. The molecule has 0 atom stereocenters. The number of rotatable bonds is 6. The second-order valence-corrected chi connectivity index (χ2v) is 5.73. The lowest BCUT2D eigenvalue weighted by Gasteiger charge is -2.15. The van der Waals surface area contributed by atoms with Crippen molar-refractivity contribution in [3.8, 4) is 11.5 Å². The highest BCUT2D eigenvalue weighted by Gasteiger charge is 2.10. The van der Waals surface area contributed by atoms with Crippen LogP contribution >= 0.6 is 15.9 Å². The van der Waals surface area contributed by atoms with E-state index < -0.39 is 0 Å². The highest BCUT2D eigenvalue weighted by Crippen LogP contribution is 2.31. The highest BCUT2D eigenvalue weighted by molar-refractivity contribution is 9.10. The summed E-state index contributed by atoms with van der Waals surface area (Å²) in [5, 5.41) is 3.44. The first-order valence-electron chi connectivity index (χ1n) is 6.81. The van der Waals surface area contributed by atoms with E-state index in [4.69, 9.17) is 9.47 Å². The fraction of sp³-hybridized carbons (Fsp3) is 0.294. The minimum Gasteiger partial charge on any atom is -0.496 e. The lowest BCUT2D eigenvalue weighted by atomic mass is 10.1. The molecule has 2 rings (SSSR count). The molecule has 0 aliphatic rings. The average molecular weight is 350 g/mol. The first-order valence-corrected chi connectivity index (χ1v) is 7.60. The number of ether oxygens (including phenoxy) is 2. The van der Waals surface area contributed by atoms with Crippen molar-refractivity contribution in [1.29, 1.82) is 0 Å². The van der Waals surface area contributed by atoms with Crippen LogP contribution in [-0.4, -0.2) is 14.2 Å². The maximum absolute atomic E-state index is 5.51. The van der Waals surface area contributed by atoms with E-state index >= 15 is 0 Å². The van der Waals surface area contributed by atoms with Gasteiger partial charge in [-0.1, -0.05) is 34.1 Å². The Bertz CT molecular complexity index is 596. The van der Waals surface area contributed by atoms with Crippen LogP contribution in [-0.2, 0) is 13.1 Å². The number of nitrogens with one attached hydrogen (secondary N) is 1. The molecule has 3 nitrogen and oxygen atoms in total. The summed E-state index contributed by atoms with van der Waals surface area (Å²) in [5.41, 5.74) is 3.42. The van der Waals surface area contributed by atoms with Crippen LogP contribution in [0.15, 0.2) is 40.9 Å². The van der Waals surface area contributed by atoms with E-state index in [1.807, 2.05) is 19.1 Å². The van der Waals surface area contributed by atoms with Crippen LogP contribution in [0.5, 0.6) is 11.5 Å². The maximum Gasteiger partial charge on any atom is 0.129 e. The summed E-state index contributed by atoms with van der Waals surface area (Å²) >= 11 is 3.44. The molecular weight excluding hydrogens is 330 g/mol. The van der Waals surface area contributed by atoms with Gasteiger partial charge in [0.05, 0.1) is 14.2 Å². The van der Waals surface area contributed by atoms with E-state index in [1.54, 1.807) is 14.2 Å². The standard InChI is InChI=1S/C17H20BrNO2/c1-12-16(20-2)9-6-14(17(12)21-3)11-19-10-13-4-7-15(18)8-5-13/h4-9,19H,10-11H2,1-3H3. The number of benzene rings is 2. The smallest absolute Gasteiger partial charge is 0.129 e. The monoisotopic (exact) mass is 349 g/mol. The normalized spacial score (nSPS) is 10.5. The van der Waals surface area contributed by atoms with Crippen molar-refractivity contribution >= 4 is 15.9 Å². The fourth-order valence-corrected chi connectivity index (χ4v) is 2.58. The summed E-state index contributed by atoms with van der Waals surface area (Å²) in [6.45, 7) is 3.58. The Morgan fingerprint density at radius 3 is 2.29 bits per heavy atom. The van der Waals surface area contributed by atoms with Gasteiger partial charge in [0.15, 0.2) is 0 Å². The van der Waals surface area contributed by atoms with Crippen molar-refractivity contribution in [3.05, 3.63) is 57.6 Å². The molecule has 0 fully saturated rings. The topological polar surface area (TPSA) is 30.5 Å². The Kier molecular flexibility index (Phi) is 5.65. The quantitative estimate of drug-likeness (QED) is 0.852. The summed E-state index contributed by atoms with van der Waals surface area (Å²) < 4.78 is 11.9. The van der Waals surface area contributed by atoms with Gasteiger partial charge >= 0.3 is 0 Å². The Hall–Kier alpha value is -1.52. The van der Waals surface area contributed by atoms with Crippen LogP contribution < -0.4 is 14.8 Å². The van der Waals surface area contributed by atoms with Gasteiger partial charge in [-0.15, -0.1) is 0 Å². The first-order chi connectivity index (χ1) is 10.2. The molecule has 0 aliphatic carbocycles. The summed E-state index contributed by atoms with van der Waals surface area (Å²) in [6.07, 6.45) is 0. The predicted octanol–water partition coefficient (Wildman–Crippen LogP) is 4.06. The number of hydrogen-bond donors (Lipinski definition) is 1. The van der Waals surface area contributed by atoms with Gasteiger partial charge in [0, 0.05) is 28.7 Å². The molecule has 0 unspecified atom stereocenters. The van der Waals surface area contributed by atoms with Crippen molar-refractivity contribution < 1.29 is 9.47 Å². The van der Waals surface area contributed by atoms with Crippen molar-refractivity contribution in [3.63, 3.8) is 0 Å². The molecule has 2 aromatic rings. The first kappa shape index (κ1) is 15.9. The van der Waals surface area contributed by atoms with Gasteiger partial charge in [0.25, 0.3) is 0 Å². The summed E-state index contributed by atoms with van der Waals surface area (Å²) in [5.74, 6) is 1.74. The highest BCUT2D eigenvalue weighted by atomic mass is 79.9. The summed E-state index contributed by atoms with van der Waals surface area (Å²) in [7, 11) is 3.37. The van der Waals surface area contributed by atoms with Crippen LogP contribution in [0, 0.1) is 6.92 Å². The molecule has 21 heavy (non-hydrogen) atoms. The molecule has 4 heteroatoms. The van der Waals surface area contributed by atoms with Gasteiger partial charge < -0.3 is 14.8 Å². The van der Waals surface area contributed by atoms with E-state index in [1.165, 1.54) is 5.56 Å². The number of hydrogen-bond acceptors (Lipinski definition) is 3. The molecule has 0 amide bonds. The second-order valence-electron chi connectivity index (χ2n) is 4.82. The molecule has 1 N–H and O–H groups in total. The molecular formula is C17H20BrNO2. The SMILES string of the molecule is COc1ccc(CNCc2ccc(Br)cc2)c(OC)c1C. The number of halogens is 1. The minimum atomic E-state index is 0.754. The zero-order valence-electron chi connectivity index (χ0n) is 12.6. The third kappa shape index (κ3) is 3.99. The molecule has 0 spiro atoms. The van der Waals surface area contributed by atoms with Crippen LogP contribution in [0.25, 0.3) is 0 Å². The van der Waals surface area contributed by atoms with E-state index in [2.05, 4.69) is 45.5 Å². The number of methoxy groups -OCH3 is 2. The fourth-order valence-electron chi connectivity index (χ4n) is 2.32. The maximum atomic E-state index is 5.51. The molecule has 0 aliphatic heterocycles. The second kappa shape index (κ2) is 7.48. The molecule has 0 saturated carbocycles. The molecule has 0 heterocycles. The van der Waals surface area contributed by atoms with Gasteiger partial charge in [-0.2, -0.15) is 0 Å². The lowest BCUT2D eigenvalue weighted by molar-refractivity contribution is 0.384. The van der Waals surface area contributed by atoms with E-state index in [9.17, 15) is 0 Å². The van der Waals surface area contributed by atoms with Gasteiger partial charge in [0.2, 0.25) is 0 Å². The van der Waals surface area contributed by atoms with Gasteiger partial charge in [0.1, 0.15) is 11.5 Å². The van der Waals surface area contributed by atoms with E-state index in [-0.39, 0.29) is 0 Å². The van der Waals surface area contributed by atoms with Crippen molar-refractivity contribution in [2.75, 3.05) is 14.2 Å². The molecule has 0 saturated heterocycles. The van der Waals surface area contributed by atoms with Crippen LogP contribution in [0.2, 0.25) is 0 Å². The van der Waals surface area contributed by atoms with Crippen LogP contribution in [0.1, 0.15) is 16.7 Å². The average Bonchev–Trinajstić information content (AvgIpc) is 2.49. The Labute approximate surface area is 134 Å². The summed E-state index contributed by atoms with van der Waals surface area (Å²) in [4.78, 5) is 0. The van der Waals surface area contributed by atoms with Gasteiger partial charge in [-0.05, 0) is 30.7 Å². The van der Waals surface area contributed by atoms with Crippen LogP contribution in [0.4, 0.5) is 0 Å². The summed E-state index contributed by atoms with van der Waals surface area (Å²) in [6, 6.07) is 12.3. The Morgan fingerprint density at radius 2 is 1.67 bits per heavy atom. The predicted molar refractivity (Wildman–Crippen MR) is 89.0 cm³/mol. The largest absolute Gasteiger partial charge is 0.496 e.